The molecule has 0 spiro atoms. The molecule has 0 aromatic heterocycles. The summed E-state index contributed by atoms with van der Waals surface area (Å²) in [7, 11) is 1.82. The van der Waals surface area contributed by atoms with Gasteiger partial charge in [-0.3, -0.25) is 10.1 Å². The molecule has 102 valence electrons. The molecule has 1 N–H and O–H groups in total. The van der Waals surface area contributed by atoms with E-state index in [2.05, 4.69) is 5.32 Å². The molecule has 1 fully saturated rings. The first kappa shape index (κ1) is 13.2. The van der Waals surface area contributed by atoms with Crippen molar-refractivity contribution in [1.29, 1.82) is 0 Å². The van der Waals surface area contributed by atoms with Gasteiger partial charge in [0.25, 0.3) is 0 Å². The quantitative estimate of drug-likeness (QED) is 0.920. The number of benzene rings is 2. The van der Waals surface area contributed by atoms with Gasteiger partial charge in [-0.2, -0.15) is 0 Å². The molecule has 1 aliphatic rings. The second kappa shape index (κ2) is 5.27. The Labute approximate surface area is 123 Å². The van der Waals surface area contributed by atoms with Crippen molar-refractivity contribution in [2.24, 2.45) is 0 Å². The summed E-state index contributed by atoms with van der Waals surface area (Å²) in [5, 5.41) is 4.07. The van der Waals surface area contributed by atoms with Crippen LogP contribution in [0, 0.1) is 0 Å². The van der Waals surface area contributed by atoms with Gasteiger partial charge in [-0.1, -0.05) is 54.1 Å². The van der Waals surface area contributed by atoms with Gasteiger partial charge in [0.05, 0.1) is 0 Å². The first-order valence-corrected chi connectivity index (χ1v) is 6.88. The standard InChI is InChI=1S/C16H15ClN2O/c1-19-15(12-7-9-13(17)10-8-12)18-14(16(19)20)11-5-3-2-4-6-11/h2-10,14-15,18H,1H3. The van der Waals surface area contributed by atoms with Crippen LogP contribution in [0.4, 0.5) is 0 Å². The van der Waals surface area contributed by atoms with E-state index in [4.69, 9.17) is 11.6 Å². The molecule has 1 heterocycles. The fourth-order valence-electron chi connectivity index (χ4n) is 2.52. The second-order valence-corrected chi connectivity index (χ2v) is 5.35. The minimum atomic E-state index is -0.290. The molecule has 2 aromatic rings. The van der Waals surface area contributed by atoms with Crippen molar-refractivity contribution in [2.45, 2.75) is 12.2 Å². The number of amides is 1. The first-order valence-electron chi connectivity index (χ1n) is 6.50. The van der Waals surface area contributed by atoms with Crippen molar-refractivity contribution in [1.82, 2.24) is 10.2 Å². The van der Waals surface area contributed by atoms with Crippen LogP contribution in [0.25, 0.3) is 0 Å². The fourth-order valence-corrected chi connectivity index (χ4v) is 2.65. The van der Waals surface area contributed by atoms with Gasteiger partial charge in [0, 0.05) is 12.1 Å². The van der Waals surface area contributed by atoms with Crippen LogP contribution in [0.2, 0.25) is 5.02 Å². The van der Waals surface area contributed by atoms with Crippen LogP contribution in [-0.2, 0) is 4.79 Å². The monoisotopic (exact) mass is 286 g/mol. The number of nitrogens with zero attached hydrogens (tertiary/aromatic N) is 1. The molecular weight excluding hydrogens is 272 g/mol. The summed E-state index contributed by atoms with van der Waals surface area (Å²) in [4.78, 5) is 14.1. The van der Waals surface area contributed by atoms with E-state index in [1.807, 2.05) is 61.6 Å². The van der Waals surface area contributed by atoms with Crippen molar-refractivity contribution < 1.29 is 4.79 Å². The summed E-state index contributed by atoms with van der Waals surface area (Å²) >= 11 is 5.91. The minimum Gasteiger partial charge on any atom is -0.324 e. The number of carbonyl (C=O) groups excluding carboxylic acids is 1. The largest absolute Gasteiger partial charge is 0.324 e. The highest BCUT2D eigenvalue weighted by Crippen LogP contribution is 2.31. The molecule has 0 saturated carbocycles. The number of likely N-dealkylation sites (N-methyl/N-ethyl adjacent to an activating group) is 1. The molecule has 0 bridgehead atoms. The average molecular weight is 287 g/mol. The molecule has 2 atom stereocenters. The van der Waals surface area contributed by atoms with Gasteiger partial charge in [0.15, 0.2) is 0 Å². The fraction of sp³-hybridized carbons (Fsp3) is 0.188. The maximum Gasteiger partial charge on any atom is 0.245 e. The summed E-state index contributed by atoms with van der Waals surface area (Å²) in [6.07, 6.45) is -0.120. The minimum absolute atomic E-state index is 0.0798. The lowest BCUT2D eigenvalue weighted by molar-refractivity contribution is -0.128. The third-order valence-electron chi connectivity index (χ3n) is 3.63. The molecule has 20 heavy (non-hydrogen) atoms. The second-order valence-electron chi connectivity index (χ2n) is 4.91. The number of hydrogen-bond acceptors (Lipinski definition) is 2. The number of carbonyl (C=O) groups is 1. The molecule has 1 aliphatic heterocycles. The van der Waals surface area contributed by atoms with E-state index in [1.165, 1.54) is 0 Å². The van der Waals surface area contributed by atoms with Gasteiger partial charge in [0.1, 0.15) is 12.2 Å². The lowest BCUT2D eigenvalue weighted by atomic mass is 10.1. The molecule has 1 saturated heterocycles. The molecule has 2 aromatic carbocycles. The third kappa shape index (κ3) is 2.30. The number of hydrogen-bond donors (Lipinski definition) is 1. The highest BCUT2D eigenvalue weighted by molar-refractivity contribution is 6.30. The molecular formula is C16H15ClN2O. The van der Waals surface area contributed by atoms with Crippen LogP contribution in [0.1, 0.15) is 23.3 Å². The van der Waals surface area contributed by atoms with Crippen LogP contribution in [0.15, 0.2) is 54.6 Å². The molecule has 1 amide bonds. The average Bonchev–Trinajstić information content (AvgIpc) is 2.77. The Bertz CT molecular complexity index is 612. The molecule has 2 unspecified atom stereocenters. The Hall–Kier alpha value is -1.84. The van der Waals surface area contributed by atoms with Crippen LogP contribution in [0.5, 0.6) is 0 Å². The van der Waals surface area contributed by atoms with E-state index in [-0.39, 0.29) is 18.1 Å². The predicted molar refractivity (Wildman–Crippen MR) is 79.3 cm³/mol. The lowest BCUT2D eigenvalue weighted by Crippen LogP contribution is -2.25. The zero-order chi connectivity index (χ0) is 14.1. The Morgan fingerprint density at radius 3 is 2.30 bits per heavy atom. The molecule has 4 heteroatoms. The van der Waals surface area contributed by atoms with Gasteiger partial charge in [0.2, 0.25) is 5.91 Å². The summed E-state index contributed by atoms with van der Waals surface area (Å²) in [5.41, 5.74) is 2.02. The Balaban J connectivity index is 1.89. The molecule has 0 radical (unpaired) electrons. The highest BCUT2D eigenvalue weighted by atomic mass is 35.5. The van der Waals surface area contributed by atoms with Gasteiger partial charge >= 0.3 is 0 Å². The topological polar surface area (TPSA) is 32.3 Å². The predicted octanol–water partition coefficient (Wildman–Crippen LogP) is 3.14. The summed E-state index contributed by atoms with van der Waals surface area (Å²) in [5.74, 6) is 0.0798. The molecule has 3 nitrogen and oxygen atoms in total. The third-order valence-corrected chi connectivity index (χ3v) is 3.88. The number of rotatable bonds is 2. The maximum atomic E-state index is 12.4. The van der Waals surface area contributed by atoms with Crippen LogP contribution >= 0.6 is 11.6 Å². The van der Waals surface area contributed by atoms with E-state index in [1.54, 1.807) is 4.90 Å². The number of nitrogens with one attached hydrogen (secondary N) is 1. The van der Waals surface area contributed by atoms with Crippen LogP contribution in [0.3, 0.4) is 0 Å². The van der Waals surface area contributed by atoms with Crippen molar-refractivity contribution in [3.05, 3.63) is 70.7 Å². The Morgan fingerprint density at radius 2 is 1.65 bits per heavy atom. The highest BCUT2D eigenvalue weighted by Gasteiger charge is 2.37. The normalized spacial score (nSPS) is 22.3. The van der Waals surface area contributed by atoms with Gasteiger partial charge < -0.3 is 4.90 Å². The van der Waals surface area contributed by atoms with E-state index in [9.17, 15) is 4.79 Å². The lowest BCUT2D eigenvalue weighted by Gasteiger charge is -2.19. The maximum absolute atomic E-state index is 12.4. The van der Waals surface area contributed by atoms with E-state index < -0.39 is 0 Å². The van der Waals surface area contributed by atoms with Gasteiger partial charge in [-0.05, 0) is 23.3 Å². The van der Waals surface area contributed by atoms with Crippen molar-refractivity contribution in [3.8, 4) is 0 Å². The van der Waals surface area contributed by atoms with Crippen LogP contribution < -0.4 is 5.32 Å². The smallest absolute Gasteiger partial charge is 0.245 e. The summed E-state index contributed by atoms with van der Waals surface area (Å²) in [6.45, 7) is 0. The summed E-state index contributed by atoms with van der Waals surface area (Å²) in [6, 6.07) is 17.0. The van der Waals surface area contributed by atoms with E-state index >= 15 is 0 Å². The Kier molecular flexibility index (Phi) is 3.47. The summed E-state index contributed by atoms with van der Waals surface area (Å²) < 4.78 is 0. The number of halogens is 1. The van der Waals surface area contributed by atoms with Gasteiger partial charge in [-0.25, -0.2) is 0 Å². The molecule has 0 aliphatic carbocycles. The first-order chi connectivity index (χ1) is 9.66. The molecule has 3 rings (SSSR count). The van der Waals surface area contributed by atoms with Crippen molar-refractivity contribution in [3.63, 3.8) is 0 Å². The van der Waals surface area contributed by atoms with Crippen molar-refractivity contribution >= 4 is 17.5 Å². The van der Waals surface area contributed by atoms with E-state index in [0.717, 1.165) is 11.1 Å². The Morgan fingerprint density at radius 1 is 1.00 bits per heavy atom. The zero-order valence-corrected chi connectivity index (χ0v) is 11.8. The zero-order valence-electron chi connectivity index (χ0n) is 11.1. The van der Waals surface area contributed by atoms with E-state index in [0.29, 0.717) is 5.02 Å². The van der Waals surface area contributed by atoms with Gasteiger partial charge in [-0.15, -0.1) is 0 Å². The van der Waals surface area contributed by atoms with Crippen LogP contribution in [-0.4, -0.2) is 17.9 Å². The van der Waals surface area contributed by atoms with Crippen molar-refractivity contribution in [2.75, 3.05) is 7.05 Å². The SMILES string of the molecule is CN1C(=O)C(c2ccccc2)NC1c1ccc(Cl)cc1.